The number of hydrogen-bond acceptors (Lipinski definition) is 5. The molecule has 0 aromatic rings. The van der Waals surface area contributed by atoms with Gasteiger partial charge in [-0.1, -0.05) is 154 Å². The van der Waals surface area contributed by atoms with Crippen molar-refractivity contribution in [3.05, 3.63) is 38.2 Å². The summed E-state index contributed by atoms with van der Waals surface area (Å²) in [5.41, 5.74) is 0. The minimum atomic E-state index is -3.07. The minimum absolute atomic E-state index is 0. The molecule has 312 valence electrons. The van der Waals surface area contributed by atoms with Crippen LogP contribution < -0.4 is 0 Å². The maximum absolute atomic E-state index is 10.1. The van der Waals surface area contributed by atoms with Gasteiger partial charge in [-0.2, -0.15) is 12.8 Å². The van der Waals surface area contributed by atoms with Gasteiger partial charge in [0.15, 0.2) is 8.62 Å². The van der Waals surface area contributed by atoms with Crippen molar-refractivity contribution in [2.45, 2.75) is 194 Å². The van der Waals surface area contributed by atoms with Gasteiger partial charge in [-0.3, -0.25) is 0 Å². The van der Waals surface area contributed by atoms with Crippen LogP contribution in [0, 0.1) is 13.8 Å². The smallest absolute Gasteiger partial charge is 0.343 e. The fraction of sp³-hybridized carbons (Fsp3) is 0.833. The van der Waals surface area contributed by atoms with Crippen LogP contribution in [0.15, 0.2) is 24.3 Å². The van der Waals surface area contributed by atoms with Crippen molar-refractivity contribution in [3.63, 3.8) is 0 Å². The third-order valence-electron chi connectivity index (χ3n) is 7.30. The van der Waals surface area contributed by atoms with Gasteiger partial charge in [0.05, 0.1) is 0 Å². The summed E-state index contributed by atoms with van der Waals surface area (Å²) >= 11 is 0. The van der Waals surface area contributed by atoms with Crippen molar-refractivity contribution in [1.82, 2.24) is 0 Å². The van der Waals surface area contributed by atoms with Crippen molar-refractivity contribution in [2.24, 2.45) is 0 Å². The van der Waals surface area contributed by atoms with Crippen molar-refractivity contribution < 1.29 is 98.1 Å². The fourth-order valence-electron chi connectivity index (χ4n) is 4.62. The van der Waals surface area contributed by atoms with Gasteiger partial charge in [0, 0.05) is 79.7 Å². The summed E-state index contributed by atoms with van der Waals surface area (Å²) in [7, 11) is -9.11. The van der Waals surface area contributed by atoms with E-state index in [1.807, 2.05) is 0 Å². The molecular formula is C36H72Ni4O7P3+. The van der Waals surface area contributed by atoms with Crippen LogP contribution in [0.25, 0.3) is 0 Å². The van der Waals surface area contributed by atoms with E-state index in [2.05, 4.69) is 60.6 Å². The molecule has 2 atom stereocenters. The molecule has 0 rings (SSSR count). The van der Waals surface area contributed by atoms with Crippen molar-refractivity contribution in [3.8, 4) is 0 Å². The molecule has 0 radical (unpaired) electrons. The normalized spacial score (nSPS) is 11.1. The van der Waals surface area contributed by atoms with Crippen LogP contribution in [0.4, 0.5) is 0 Å². The fourth-order valence-corrected chi connectivity index (χ4v) is 5.92. The van der Waals surface area contributed by atoms with Gasteiger partial charge in [-0.05, 0) is 51.4 Å². The number of hydrogen-bond donors (Lipinski definition) is 2. The van der Waals surface area contributed by atoms with Crippen LogP contribution in [0.2, 0.25) is 0 Å². The Morgan fingerprint density at radius 3 is 0.860 bits per heavy atom. The first-order valence-electron chi connectivity index (χ1n) is 18.4. The number of rotatable bonds is 32. The second-order valence-electron chi connectivity index (χ2n) is 11.7. The van der Waals surface area contributed by atoms with Crippen molar-refractivity contribution in [2.75, 3.05) is 0 Å². The molecule has 0 aromatic heterocycles. The molecule has 0 aliphatic carbocycles. The molecule has 0 spiro atoms. The van der Waals surface area contributed by atoms with E-state index < -0.39 is 24.8 Å². The second-order valence-corrected chi connectivity index (χ2v) is 14.4. The van der Waals surface area contributed by atoms with Crippen molar-refractivity contribution >= 4 is 24.8 Å². The van der Waals surface area contributed by atoms with E-state index in [0.29, 0.717) is 0 Å². The predicted octanol–water partition coefficient (Wildman–Crippen LogP) is 14.7. The Balaban J connectivity index is -0.000000111. The summed E-state index contributed by atoms with van der Waals surface area (Å²) in [4.78, 5) is 15.8. The van der Waals surface area contributed by atoms with Gasteiger partial charge in [-0.15, -0.1) is 9.79 Å². The zero-order valence-electron chi connectivity index (χ0n) is 31.1. The molecule has 0 amide bonds. The molecular weight excluding hydrogens is 872 g/mol. The summed E-state index contributed by atoms with van der Waals surface area (Å²) in [5, 5.41) is 0. The number of unbranched alkanes of at least 4 members (excludes halogenated alkanes) is 24. The van der Waals surface area contributed by atoms with E-state index in [9.17, 15) is 13.7 Å². The molecule has 7 nitrogen and oxygen atoms in total. The van der Waals surface area contributed by atoms with Gasteiger partial charge in [0.1, 0.15) is 0 Å². The first-order chi connectivity index (χ1) is 22.3. The average Bonchev–Trinajstić information content (AvgIpc) is 3.01. The monoisotopic (exact) mass is 941 g/mol. The summed E-state index contributed by atoms with van der Waals surface area (Å²) in [6.07, 6.45) is 47.7. The predicted molar refractivity (Wildman–Crippen MR) is 199 cm³/mol. The molecule has 2 unspecified atom stereocenters. The maximum atomic E-state index is 10.1. The van der Waals surface area contributed by atoms with E-state index in [1.54, 1.807) is 0 Å². The molecule has 0 saturated heterocycles. The van der Waals surface area contributed by atoms with E-state index in [1.165, 1.54) is 167 Å². The Kier molecular flexibility index (Phi) is 83.1. The molecule has 0 fully saturated rings. The first kappa shape index (κ1) is 66.4. The Morgan fingerprint density at radius 2 is 0.640 bits per heavy atom. The zero-order valence-corrected chi connectivity index (χ0v) is 37.7. The third-order valence-corrected chi connectivity index (χ3v) is 9.48. The third kappa shape index (κ3) is 74.7. The van der Waals surface area contributed by atoms with Crippen LogP contribution in [-0.2, 0) is 88.3 Å². The van der Waals surface area contributed by atoms with Crippen LogP contribution in [0.3, 0.4) is 0 Å². The van der Waals surface area contributed by atoms with Crippen molar-refractivity contribution in [1.29, 1.82) is 0 Å². The van der Waals surface area contributed by atoms with E-state index >= 15 is 0 Å². The number of allylic oxidation sites excluding steroid dienone is 4. The van der Waals surface area contributed by atoms with E-state index in [0.717, 1.165) is 12.8 Å². The Bertz CT molecular complexity index is 631. The molecule has 0 aliphatic rings. The molecule has 14 heteroatoms. The molecule has 50 heavy (non-hydrogen) atoms. The first-order valence-corrected chi connectivity index (χ1v) is 21.7. The van der Waals surface area contributed by atoms with Gasteiger partial charge in [0.2, 0.25) is 0 Å². The minimum Gasteiger partial charge on any atom is -0.343 e. The van der Waals surface area contributed by atoms with Crippen LogP contribution in [0.1, 0.15) is 194 Å². The average molecular weight is 945 g/mol. The van der Waals surface area contributed by atoms with Gasteiger partial charge in [-0.25, -0.2) is 0 Å². The zero-order chi connectivity index (χ0) is 34.8. The molecule has 0 aliphatic heterocycles. The Labute approximate surface area is 352 Å². The van der Waals surface area contributed by atoms with E-state index in [4.69, 9.17) is 9.79 Å². The van der Waals surface area contributed by atoms with Gasteiger partial charge < -0.3 is 13.8 Å². The van der Waals surface area contributed by atoms with Crippen LogP contribution in [0.5, 0.6) is 0 Å². The molecule has 2 N–H and O–H groups in total. The van der Waals surface area contributed by atoms with Crippen LogP contribution >= 0.6 is 24.8 Å². The molecule has 0 aromatic carbocycles. The SMILES string of the molecule is O=[P+](O)O[P+](=O)O[P+](=O)O.[CH2-]CCCCCCC/C=C\CCCCCCCC.[CH2-]CCCCCCC/C=C\CCCCCCCC.[Ni].[Ni].[Ni].[Ni]. The Hall–Kier alpha value is 1.59. The summed E-state index contributed by atoms with van der Waals surface area (Å²) in [6.45, 7) is 12.3. The summed E-state index contributed by atoms with van der Waals surface area (Å²) in [5.74, 6) is 0. The largest absolute Gasteiger partial charge is 0.798 e. The topological polar surface area (TPSA) is 110 Å². The molecule has 0 heterocycles. The summed E-state index contributed by atoms with van der Waals surface area (Å²) in [6, 6.07) is 0. The maximum Gasteiger partial charge on any atom is 0.798 e. The Morgan fingerprint density at radius 1 is 0.420 bits per heavy atom. The second kappa shape index (κ2) is 62.6. The summed E-state index contributed by atoms with van der Waals surface area (Å²) < 4.78 is 36.6. The standard InChI is InChI=1S/2C18H35.4Ni.O7P3/c2*1-3-5-7-9-11-13-15-17-18-16-14-12-10-8-6-4-2;;;;;1-8(2)6-10(5)7-9(3)4/h2*17-18H,1,3-16H2,2H3;;;;;/q2*-1;;;;;+1/p+2/b2*18-17-;;;;;. The van der Waals surface area contributed by atoms with Gasteiger partial charge >= 0.3 is 24.8 Å². The molecule has 0 bridgehead atoms. The molecule has 0 saturated carbocycles. The van der Waals surface area contributed by atoms with Gasteiger partial charge in [0.25, 0.3) is 0 Å². The van der Waals surface area contributed by atoms with E-state index in [-0.39, 0.29) is 66.0 Å². The van der Waals surface area contributed by atoms with Crippen LogP contribution in [-0.4, -0.2) is 9.79 Å². The quantitative estimate of drug-likeness (QED) is 0.0227.